The van der Waals surface area contributed by atoms with Crippen LogP contribution in [0.1, 0.15) is 54.8 Å². The molecule has 0 saturated heterocycles. The number of rotatable bonds is 2. The number of allylic oxidation sites excluding steroid dienone is 4. The molecule has 0 saturated carbocycles. The molecule has 9 aromatic rings. The molecule has 3 heteroatoms. The Labute approximate surface area is 309 Å². The highest BCUT2D eigenvalue weighted by Crippen LogP contribution is 2.50. The van der Waals surface area contributed by atoms with E-state index >= 15 is 0 Å². The van der Waals surface area contributed by atoms with Gasteiger partial charge in [0.2, 0.25) is 0 Å². The Bertz CT molecular complexity index is 2970. The third kappa shape index (κ3) is 4.43. The van der Waals surface area contributed by atoms with E-state index in [1.54, 1.807) is 0 Å². The molecule has 0 radical (unpaired) electrons. The molecule has 0 fully saturated rings. The van der Waals surface area contributed by atoms with Crippen molar-refractivity contribution in [2.24, 2.45) is 0 Å². The fourth-order valence-electron chi connectivity index (χ4n) is 9.78. The molecule has 3 nitrogen and oxygen atoms in total. The smallest absolute Gasteiger partial charge is 0.0724 e. The first kappa shape index (κ1) is 30.4. The van der Waals surface area contributed by atoms with Crippen LogP contribution in [0.3, 0.4) is 0 Å². The Kier molecular flexibility index (Phi) is 6.70. The van der Waals surface area contributed by atoms with Crippen molar-refractivity contribution in [1.29, 1.82) is 0 Å². The van der Waals surface area contributed by atoms with Crippen molar-refractivity contribution >= 4 is 60.1 Å². The minimum Gasteiger partial charge on any atom is -0.333 e. The largest absolute Gasteiger partial charge is 0.333 e. The van der Waals surface area contributed by atoms with Gasteiger partial charge in [-0.3, -0.25) is 4.98 Å². The van der Waals surface area contributed by atoms with Crippen molar-refractivity contribution in [1.82, 2.24) is 14.1 Å². The summed E-state index contributed by atoms with van der Waals surface area (Å²) in [6, 6.07) is 45.6. The first-order valence-electron chi connectivity index (χ1n) is 19.1. The minimum absolute atomic E-state index is 0.168. The zero-order chi connectivity index (χ0) is 35.2. The summed E-state index contributed by atoms with van der Waals surface area (Å²) in [4.78, 5) is 4.57. The van der Waals surface area contributed by atoms with E-state index in [0.717, 1.165) is 24.8 Å². The molecule has 2 aliphatic carbocycles. The van der Waals surface area contributed by atoms with Crippen molar-refractivity contribution in [2.45, 2.75) is 45.1 Å². The maximum Gasteiger partial charge on any atom is 0.0724 e. The fraction of sp³-hybridized carbons (Fsp3) is 0.140. The zero-order valence-electron chi connectivity index (χ0n) is 30.1. The van der Waals surface area contributed by atoms with Gasteiger partial charge in [0.15, 0.2) is 0 Å². The van der Waals surface area contributed by atoms with Gasteiger partial charge >= 0.3 is 0 Å². The Balaban J connectivity index is 1.21. The van der Waals surface area contributed by atoms with Crippen LogP contribution in [0, 0.1) is 6.92 Å². The summed E-state index contributed by atoms with van der Waals surface area (Å²) < 4.78 is 5.10. The Morgan fingerprint density at radius 1 is 0.642 bits per heavy atom. The van der Waals surface area contributed by atoms with Gasteiger partial charge in [-0.15, -0.1) is 0 Å². The fourth-order valence-corrected chi connectivity index (χ4v) is 9.78. The predicted molar refractivity (Wildman–Crippen MR) is 224 cm³/mol. The number of hydrogen-bond acceptors (Lipinski definition) is 1. The molecule has 53 heavy (non-hydrogen) atoms. The first-order valence-corrected chi connectivity index (χ1v) is 19.1. The molecule has 0 spiro atoms. The van der Waals surface area contributed by atoms with Gasteiger partial charge in [-0.05, 0) is 112 Å². The third-order valence-corrected chi connectivity index (χ3v) is 12.2. The summed E-state index contributed by atoms with van der Waals surface area (Å²) in [5, 5.41) is 7.76. The molecule has 2 unspecified atom stereocenters. The van der Waals surface area contributed by atoms with Crippen LogP contribution in [-0.4, -0.2) is 14.1 Å². The third-order valence-electron chi connectivity index (χ3n) is 12.2. The van der Waals surface area contributed by atoms with E-state index < -0.39 is 0 Å². The first-order chi connectivity index (χ1) is 26.2. The molecule has 3 aromatic heterocycles. The molecule has 0 aliphatic heterocycles. The maximum atomic E-state index is 4.57. The molecule has 11 rings (SSSR count). The molecule has 0 amide bonds. The average Bonchev–Trinajstić information content (AvgIpc) is 3.69. The second kappa shape index (κ2) is 11.7. The van der Waals surface area contributed by atoms with E-state index in [1.807, 2.05) is 12.4 Å². The maximum absolute atomic E-state index is 4.57. The molecule has 2 bridgehead atoms. The number of aromatic nitrogens is 3. The van der Waals surface area contributed by atoms with Crippen LogP contribution < -0.4 is 0 Å². The van der Waals surface area contributed by atoms with Crippen LogP contribution in [0.25, 0.3) is 82.3 Å². The van der Waals surface area contributed by atoms with Crippen molar-refractivity contribution in [3.05, 3.63) is 169 Å². The number of para-hydroxylation sites is 1. The number of pyridine rings is 1. The van der Waals surface area contributed by atoms with E-state index in [0.29, 0.717) is 0 Å². The van der Waals surface area contributed by atoms with Crippen molar-refractivity contribution in [3.63, 3.8) is 0 Å². The number of nitrogens with zero attached hydrogens (tertiary/aromatic N) is 3. The molecule has 3 heterocycles. The zero-order valence-corrected chi connectivity index (χ0v) is 30.1. The number of hydrogen-bond donors (Lipinski definition) is 0. The lowest BCUT2D eigenvalue weighted by molar-refractivity contribution is 0.562. The molecule has 2 aliphatic rings. The van der Waals surface area contributed by atoms with Gasteiger partial charge in [0.1, 0.15) is 0 Å². The monoisotopic (exact) mass is 681 g/mol. The Hall–Kier alpha value is -6.19. The molecular formula is C50H39N3. The number of benzene rings is 6. The Morgan fingerprint density at radius 2 is 1.36 bits per heavy atom. The summed E-state index contributed by atoms with van der Waals surface area (Å²) in [5.41, 5.74) is 15.7. The van der Waals surface area contributed by atoms with Crippen LogP contribution in [0.15, 0.2) is 152 Å². The summed E-state index contributed by atoms with van der Waals surface area (Å²) in [6.45, 7) is 4.73. The summed E-state index contributed by atoms with van der Waals surface area (Å²) in [5.74, 6) is 0.277. The highest BCUT2D eigenvalue weighted by Gasteiger charge is 2.29. The molecule has 0 N–H and O–H groups in total. The van der Waals surface area contributed by atoms with Crippen molar-refractivity contribution in [3.8, 4) is 22.3 Å². The van der Waals surface area contributed by atoms with Crippen LogP contribution in [0.2, 0.25) is 0 Å². The van der Waals surface area contributed by atoms with Gasteiger partial charge in [-0.2, -0.15) is 0 Å². The summed E-state index contributed by atoms with van der Waals surface area (Å²) in [7, 11) is 0. The van der Waals surface area contributed by atoms with E-state index in [1.165, 1.54) is 93.5 Å². The van der Waals surface area contributed by atoms with Gasteiger partial charge in [-0.25, -0.2) is 0 Å². The quantitative estimate of drug-likeness (QED) is 0.178. The normalized spacial score (nSPS) is 18.6. The van der Waals surface area contributed by atoms with E-state index in [-0.39, 0.29) is 12.0 Å². The van der Waals surface area contributed by atoms with Crippen LogP contribution in [0.4, 0.5) is 0 Å². The van der Waals surface area contributed by atoms with E-state index in [2.05, 4.69) is 168 Å². The molecule has 2 atom stereocenters. The Morgan fingerprint density at radius 3 is 2.23 bits per heavy atom. The van der Waals surface area contributed by atoms with Gasteiger partial charge in [0, 0.05) is 39.4 Å². The number of fused-ring (bicyclic) bond motifs is 14. The highest BCUT2D eigenvalue weighted by atomic mass is 15.0. The topological polar surface area (TPSA) is 22.8 Å². The minimum atomic E-state index is 0.168. The predicted octanol–water partition coefficient (Wildman–Crippen LogP) is 13.4. The van der Waals surface area contributed by atoms with Crippen LogP contribution in [0.5, 0.6) is 0 Å². The highest BCUT2D eigenvalue weighted by molar-refractivity contribution is 6.20. The van der Waals surface area contributed by atoms with Crippen LogP contribution >= 0.6 is 0 Å². The summed E-state index contributed by atoms with van der Waals surface area (Å²) >= 11 is 0. The summed E-state index contributed by atoms with van der Waals surface area (Å²) in [6.07, 6.45) is 14.4. The van der Waals surface area contributed by atoms with Crippen molar-refractivity contribution in [2.75, 3.05) is 0 Å². The lowest BCUT2D eigenvalue weighted by Gasteiger charge is -2.27. The van der Waals surface area contributed by atoms with E-state index in [4.69, 9.17) is 0 Å². The lowest BCUT2D eigenvalue weighted by atomic mass is 9.77. The van der Waals surface area contributed by atoms with E-state index in [9.17, 15) is 0 Å². The molecule has 254 valence electrons. The van der Waals surface area contributed by atoms with Crippen molar-refractivity contribution < 1.29 is 0 Å². The van der Waals surface area contributed by atoms with Gasteiger partial charge in [-0.1, -0.05) is 110 Å². The SMILES string of the molecule is Cc1c2cc3c(c1-c1ccccc1C(C)c1ccccc1-2)c1cc2ccccc2cc1n3C1/C=C\C(n2c3ccccc3c3ccncc32)=C/CCC1. The second-order valence-electron chi connectivity index (χ2n) is 15.0. The van der Waals surface area contributed by atoms with Crippen LogP contribution in [-0.2, 0) is 0 Å². The average molecular weight is 682 g/mol. The molecular weight excluding hydrogens is 643 g/mol. The standard InChI is InChI=1S/C50H39N3/c1-31-37-17-7-9-19-39(37)43-29-47-50(49(32(43)2)42-21-10-8-18-38(31)42)44-27-33-13-3-4-14-34(33)28-46(44)53(47)36-16-6-5-15-35(23-24-36)52-45-22-12-11-20-40(45)41-25-26-51-30-48(41)52/h3-4,7-15,17-31,36H,5-6,16H2,1-2H3/b24-23-,35-15+. The van der Waals surface area contributed by atoms with Gasteiger partial charge < -0.3 is 9.13 Å². The molecule has 6 aromatic carbocycles. The second-order valence-corrected chi connectivity index (χ2v) is 15.0. The lowest BCUT2D eigenvalue weighted by Crippen LogP contribution is -2.09. The van der Waals surface area contributed by atoms with Gasteiger partial charge in [0.25, 0.3) is 0 Å². The van der Waals surface area contributed by atoms with Gasteiger partial charge in [0.05, 0.1) is 34.3 Å².